The largest absolute Gasteiger partial charge is 0.459 e. The number of benzene rings is 1. The minimum absolute atomic E-state index is 0.325. The van der Waals surface area contributed by atoms with E-state index in [4.69, 9.17) is 10.3 Å². The third-order valence-electron chi connectivity index (χ3n) is 3.73. The van der Waals surface area contributed by atoms with Gasteiger partial charge in [-0.3, -0.25) is 15.1 Å². The lowest BCUT2D eigenvalue weighted by Crippen LogP contribution is -2.31. The number of carbonyl (C=O) groups excluding carboxylic acids is 1. The van der Waals surface area contributed by atoms with Gasteiger partial charge in [0, 0.05) is 18.5 Å². The predicted molar refractivity (Wildman–Crippen MR) is 75.2 cm³/mol. The molecule has 1 aromatic carbocycles. The van der Waals surface area contributed by atoms with Crippen molar-refractivity contribution in [1.29, 1.82) is 0 Å². The molecule has 7 heteroatoms. The third kappa shape index (κ3) is 2.52. The standard InChI is InChI=1S/C14H17N3O4/c15-16-14(20)13-8-3-1-2-4-11(8)21-12(13)7-17-5-9(18)10(19)6-17/h1-4,9-10,18-19H,5-7,15H2,(H,16,20). The summed E-state index contributed by atoms with van der Waals surface area (Å²) < 4.78 is 5.73. The fraction of sp³-hybridized carbons (Fsp3) is 0.357. The fourth-order valence-corrected chi connectivity index (χ4v) is 2.71. The molecule has 1 saturated heterocycles. The number of hydrogen-bond donors (Lipinski definition) is 4. The number of nitrogen functional groups attached to an aromatic ring is 1. The van der Waals surface area contributed by atoms with Crippen molar-refractivity contribution >= 4 is 16.9 Å². The van der Waals surface area contributed by atoms with Gasteiger partial charge >= 0.3 is 0 Å². The number of nitrogens with one attached hydrogen (secondary N) is 1. The molecule has 2 atom stereocenters. The monoisotopic (exact) mass is 291 g/mol. The average molecular weight is 291 g/mol. The lowest BCUT2D eigenvalue weighted by atomic mass is 10.1. The SMILES string of the molecule is NNC(=O)c1c(CN2CC(O)C(O)C2)oc2ccccc12. The maximum atomic E-state index is 12.0. The molecule has 1 amide bonds. The van der Waals surface area contributed by atoms with Gasteiger partial charge in [-0.1, -0.05) is 18.2 Å². The number of aliphatic hydroxyl groups is 2. The maximum absolute atomic E-state index is 12.0. The molecule has 5 N–H and O–H groups in total. The summed E-state index contributed by atoms with van der Waals surface area (Å²) in [6, 6.07) is 7.21. The van der Waals surface area contributed by atoms with Crippen molar-refractivity contribution in [3.05, 3.63) is 35.6 Å². The average Bonchev–Trinajstić information content (AvgIpc) is 2.98. The number of carbonyl (C=O) groups is 1. The number of furan rings is 1. The zero-order valence-corrected chi connectivity index (χ0v) is 11.3. The van der Waals surface area contributed by atoms with E-state index in [-0.39, 0.29) is 0 Å². The van der Waals surface area contributed by atoms with Crippen LogP contribution in [0.1, 0.15) is 16.1 Å². The summed E-state index contributed by atoms with van der Waals surface area (Å²) >= 11 is 0. The molecule has 1 aliphatic rings. The van der Waals surface area contributed by atoms with Crippen molar-refractivity contribution in [2.24, 2.45) is 5.84 Å². The highest BCUT2D eigenvalue weighted by atomic mass is 16.3. The Morgan fingerprint density at radius 1 is 1.33 bits per heavy atom. The van der Waals surface area contributed by atoms with Crippen LogP contribution in [0.25, 0.3) is 11.0 Å². The van der Waals surface area contributed by atoms with E-state index in [2.05, 4.69) is 5.43 Å². The second-order valence-corrected chi connectivity index (χ2v) is 5.20. The molecule has 2 unspecified atom stereocenters. The molecule has 0 spiro atoms. The molecular formula is C14H17N3O4. The minimum Gasteiger partial charge on any atom is -0.459 e. The van der Waals surface area contributed by atoms with Crippen LogP contribution < -0.4 is 11.3 Å². The topological polar surface area (TPSA) is 112 Å². The van der Waals surface area contributed by atoms with Gasteiger partial charge in [-0.2, -0.15) is 0 Å². The van der Waals surface area contributed by atoms with E-state index in [0.717, 1.165) is 0 Å². The smallest absolute Gasteiger partial charge is 0.269 e. The molecule has 0 aliphatic carbocycles. The van der Waals surface area contributed by atoms with Crippen molar-refractivity contribution in [3.63, 3.8) is 0 Å². The van der Waals surface area contributed by atoms with Crippen molar-refractivity contribution in [2.75, 3.05) is 13.1 Å². The van der Waals surface area contributed by atoms with Gasteiger partial charge in [-0.25, -0.2) is 5.84 Å². The van der Waals surface area contributed by atoms with Crippen molar-refractivity contribution in [1.82, 2.24) is 10.3 Å². The summed E-state index contributed by atoms with van der Waals surface area (Å²) in [5.74, 6) is 5.29. The number of β-amino-alcohol motifs (C(OH)–C–C–N with tert-alkyl or cyclic N) is 2. The summed E-state index contributed by atoms with van der Waals surface area (Å²) in [4.78, 5) is 13.8. The Hall–Kier alpha value is -1.93. The van der Waals surface area contributed by atoms with Crippen LogP contribution in [0.5, 0.6) is 0 Å². The third-order valence-corrected chi connectivity index (χ3v) is 3.73. The molecule has 0 saturated carbocycles. The normalized spacial score (nSPS) is 22.8. The number of hydrogen-bond acceptors (Lipinski definition) is 6. The van der Waals surface area contributed by atoms with Crippen LogP contribution in [0.15, 0.2) is 28.7 Å². The molecule has 0 radical (unpaired) electrons. The van der Waals surface area contributed by atoms with E-state index in [9.17, 15) is 15.0 Å². The highest BCUT2D eigenvalue weighted by molar-refractivity contribution is 6.07. The molecule has 2 aromatic rings. The first-order valence-corrected chi connectivity index (χ1v) is 6.70. The number of nitrogens with zero attached hydrogens (tertiary/aromatic N) is 1. The van der Waals surface area contributed by atoms with Crippen molar-refractivity contribution < 1.29 is 19.4 Å². The van der Waals surface area contributed by atoms with Gasteiger partial charge in [0.2, 0.25) is 0 Å². The van der Waals surface area contributed by atoms with E-state index in [0.29, 0.717) is 41.9 Å². The molecule has 2 heterocycles. The van der Waals surface area contributed by atoms with Crippen LogP contribution in [-0.2, 0) is 6.54 Å². The van der Waals surface area contributed by atoms with Crippen LogP contribution >= 0.6 is 0 Å². The van der Waals surface area contributed by atoms with Gasteiger partial charge in [0.25, 0.3) is 5.91 Å². The molecule has 1 aliphatic heterocycles. The Balaban J connectivity index is 1.96. The molecule has 3 rings (SSSR count). The van der Waals surface area contributed by atoms with E-state index < -0.39 is 18.1 Å². The summed E-state index contributed by atoms with van der Waals surface area (Å²) in [5, 5.41) is 19.9. The number of fused-ring (bicyclic) bond motifs is 1. The molecule has 1 aromatic heterocycles. The first-order valence-electron chi connectivity index (χ1n) is 6.70. The van der Waals surface area contributed by atoms with E-state index in [1.807, 2.05) is 17.0 Å². The number of likely N-dealkylation sites (tertiary alicyclic amines) is 1. The molecule has 21 heavy (non-hydrogen) atoms. The van der Waals surface area contributed by atoms with Gasteiger partial charge in [-0.15, -0.1) is 0 Å². The number of nitrogens with two attached hydrogens (primary N) is 1. The quantitative estimate of drug-likeness (QED) is 0.347. The van der Waals surface area contributed by atoms with Crippen molar-refractivity contribution in [2.45, 2.75) is 18.8 Å². The van der Waals surface area contributed by atoms with Crippen LogP contribution in [0.2, 0.25) is 0 Å². The summed E-state index contributed by atoms with van der Waals surface area (Å²) in [5.41, 5.74) is 3.12. The second kappa shape index (κ2) is 5.45. The van der Waals surface area contributed by atoms with Gasteiger partial charge < -0.3 is 14.6 Å². The van der Waals surface area contributed by atoms with Gasteiger partial charge in [-0.05, 0) is 6.07 Å². The summed E-state index contributed by atoms with van der Waals surface area (Å²) in [6.07, 6.45) is -1.55. The van der Waals surface area contributed by atoms with Gasteiger partial charge in [0.1, 0.15) is 11.3 Å². The van der Waals surface area contributed by atoms with E-state index in [1.54, 1.807) is 12.1 Å². The number of hydrazine groups is 1. The van der Waals surface area contributed by atoms with Crippen molar-refractivity contribution in [3.8, 4) is 0 Å². The zero-order valence-electron chi connectivity index (χ0n) is 11.3. The fourth-order valence-electron chi connectivity index (χ4n) is 2.71. The summed E-state index contributed by atoms with van der Waals surface area (Å²) in [6.45, 7) is 0.995. The lowest BCUT2D eigenvalue weighted by Gasteiger charge is -2.13. The van der Waals surface area contributed by atoms with Gasteiger partial charge in [0.05, 0.1) is 24.3 Å². The Morgan fingerprint density at radius 3 is 2.67 bits per heavy atom. The first kappa shape index (κ1) is 14.0. The first-order chi connectivity index (χ1) is 10.1. The van der Waals surface area contributed by atoms with Crippen LogP contribution in [-0.4, -0.2) is 46.3 Å². The highest BCUT2D eigenvalue weighted by Crippen LogP contribution is 2.27. The molecule has 1 fully saturated rings. The van der Waals surface area contributed by atoms with Gasteiger partial charge in [0.15, 0.2) is 0 Å². The number of amides is 1. The Kier molecular flexibility index (Phi) is 3.64. The van der Waals surface area contributed by atoms with Crippen LogP contribution in [0.4, 0.5) is 0 Å². The number of aliphatic hydroxyl groups excluding tert-OH is 2. The molecule has 112 valence electrons. The molecule has 7 nitrogen and oxygen atoms in total. The Morgan fingerprint density at radius 2 is 2.00 bits per heavy atom. The lowest BCUT2D eigenvalue weighted by molar-refractivity contribution is 0.0572. The summed E-state index contributed by atoms with van der Waals surface area (Å²) in [7, 11) is 0. The predicted octanol–water partition coefficient (Wildman–Crippen LogP) is -0.426. The Labute approximate surface area is 120 Å². The van der Waals surface area contributed by atoms with Crippen LogP contribution in [0.3, 0.4) is 0 Å². The number of rotatable bonds is 3. The zero-order chi connectivity index (χ0) is 15.0. The van der Waals surface area contributed by atoms with E-state index >= 15 is 0 Å². The number of para-hydroxylation sites is 1. The molecular weight excluding hydrogens is 274 g/mol. The second-order valence-electron chi connectivity index (χ2n) is 5.20. The Bertz CT molecular complexity index is 659. The van der Waals surface area contributed by atoms with E-state index in [1.165, 1.54) is 0 Å². The van der Waals surface area contributed by atoms with Crippen LogP contribution in [0, 0.1) is 0 Å². The highest BCUT2D eigenvalue weighted by Gasteiger charge is 2.31. The molecule has 0 bridgehead atoms. The maximum Gasteiger partial charge on any atom is 0.269 e. The minimum atomic E-state index is -0.777.